The van der Waals surface area contributed by atoms with Gasteiger partial charge in [0.15, 0.2) is 0 Å². The molecule has 1 rings (SSSR count). The minimum Gasteiger partial charge on any atom is -0.306 e. The summed E-state index contributed by atoms with van der Waals surface area (Å²) in [5, 5.41) is 0. The maximum absolute atomic E-state index is 12.4. The molecule has 0 aromatic heterocycles. The van der Waals surface area contributed by atoms with Crippen molar-refractivity contribution in [1.29, 1.82) is 0 Å². The molecular weight excluding hydrogens is 141 g/mol. The summed E-state index contributed by atoms with van der Waals surface area (Å²) in [7, 11) is 2.11. The summed E-state index contributed by atoms with van der Waals surface area (Å²) in [4.78, 5) is 2.29. The van der Waals surface area contributed by atoms with Crippen LogP contribution in [0.25, 0.3) is 0 Å². The molecule has 0 unspecified atom stereocenters. The summed E-state index contributed by atoms with van der Waals surface area (Å²) in [6.07, 6.45) is 3.97. The van der Waals surface area contributed by atoms with Crippen molar-refractivity contribution < 1.29 is 4.39 Å². The van der Waals surface area contributed by atoms with E-state index in [1.165, 1.54) is 6.92 Å². The molecule has 1 nitrogen and oxygen atoms in total. The van der Waals surface area contributed by atoms with Gasteiger partial charge in [0.1, 0.15) is 0 Å². The molecule has 0 N–H and O–H groups in total. The first-order valence-electron chi connectivity index (χ1n) is 4.21. The largest absolute Gasteiger partial charge is 0.306 e. The molecule has 1 heterocycles. The highest BCUT2D eigenvalue weighted by Crippen LogP contribution is 2.18. The number of halogens is 1. The lowest BCUT2D eigenvalue weighted by Crippen LogP contribution is -2.29. The van der Waals surface area contributed by atoms with E-state index in [9.17, 15) is 4.39 Å². The number of likely N-dealkylation sites (tertiary alicyclic amines) is 1. The molecule has 64 valence electrons. The molecule has 0 amide bonds. The van der Waals surface area contributed by atoms with Crippen LogP contribution in [0.5, 0.6) is 0 Å². The fourth-order valence-corrected chi connectivity index (χ4v) is 1.52. The van der Waals surface area contributed by atoms with Crippen molar-refractivity contribution in [3.8, 4) is 0 Å². The van der Waals surface area contributed by atoms with E-state index in [1.807, 2.05) is 0 Å². The Morgan fingerprint density at radius 1 is 1.45 bits per heavy atom. The molecule has 0 spiro atoms. The average molecular weight is 157 g/mol. The standard InChI is InChI=1S/C9H16FN/c1-8(10)7-9-3-5-11(2)6-4-9/h7,9H,3-6H2,1-2H3/b8-7-. The second kappa shape index (κ2) is 3.86. The normalized spacial score (nSPS) is 24.1. The highest BCUT2D eigenvalue weighted by Gasteiger charge is 2.14. The van der Waals surface area contributed by atoms with Crippen LogP contribution in [0.4, 0.5) is 4.39 Å². The Morgan fingerprint density at radius 3 is 2.45 bits per heavy atom. The van der Waals surface area contributed by atoms with Crippen LogP contribution in [0.15, 0.2) is 11.9 Å². The lowest BCUT2D eigenvalue weighted by molar-refractivity contribution is 0.242. The van der Waals surface area contributed by atoms with E-state index < -0.39 is 0 Å². The van der Waals surface area contributed by atoms with Crippen LogP contribution >= 0.6 is 0 Å². The zero-order valence-corrected chi connectivity index (χ0v) is 7.31. The van der Waals surface area contributed by atoms with Crippen LogP contribution in [-0.4, -0.2) is 25.0 Å². The minimum absolute atomic E-state index is 0.0282. The van der Waals surface area contributed by atoms with Crippen LogP contribution in [0.1, 0.15) is 19.8 Å². The molecule has 0 bridgehead atoms. The first-order chi connectivity index (χ1) is 5.18. The third-order valence-corrected chi connectivity index (χ3v) is 2.23. The molecule has 1 aliphatic rings. The van der Waals surface area contributed by atoms with E-state index in [0.29, 0.717) is 5.92 Å². The Morgan fingerprint density at radius 2 is 2.00 bits per heavy atom. The smallest absolute Gasteiger partial charge is 0.0931 e. The van der Waals surface area contributed by atoms with E-state index in [4.69, 9.17) is 0 Å². The zero-order valence-electron chi connectivity index (χ0n) is 7.31. The quantitative estimate of drug-likeness (QED) is 0.564. The molecule has 0 aromatic carbocycles. The highest BCUT2D eigenvalue weighted by molar-refractivity contribution is 4.94. The fourth-order valence-electron chi connectivity index (χ4n) is 1.52. The lowest BCUT2D eigenvalue weighted by Gasteiger charge is -2.26. The Kier molecular flexibility index (Phi) is 3.06. The van der Waals surface area contributed by atoms with Gasteiger partial charge in [-0.1, -0.05) is 0 Å². The van der Waals surface area contributed by atoms with E-state index in [1.54, 1.807) is 6.08 Å². The van der Waals surface area contributed by atoms with Crippen LogP contribution < -0.4 is 0 Å². The minimum atomic E-state index is -0.0282. The first-order valence-corrected chi connectivity index (χ1v) is 4.21. The molecule has 11 heavy (non-hydrogen) atoms. The summed E-state index contributed by atoms with van der Waals surface area (Å²) in [6.45, 7) is 3.74. The Labute approximate surface area is 67.9 Å². The Bertz CT molecular complexity index is 142. The van der Waals surface area contributed by atoms with Crippen molar-refractivity contribution in [2.45, 2.75) is 19.8 Å². The van der Waals surface area contributed by atoms with Gasteiger partial charge in [-0.05, 0) is 51.9 Å². The van der Waals surface area contributed by atoms with Gasteiger partial charge < -0.3 is 4.90 Å². The third kappa shape index (κ3) is 3.02. The van der Waals surface area contributed by atoms with Gasteiger partial charge >= 0.3 is 0 Å². The highest BCUT2D eigenvalue weighted by atomic mass is 19.1. The number of hydrogen-bond acceptors (Lipinski definition) is 1. The number of hydrogen-bond donors (Lipinski definition) is 0. The number of allylic oxidation sites excluding steroid dienone is 2. The molecule has 1 aliphatic heterocycles. The third-order valence-electron chi connectivity index (χ3n) is 2.23. The van der Waals surface area contributed by atoms with Gasteiger partial charge in [-0.3, -0.25) is 0 Å². The molecule has 0 aromatic rings. The molecule has 0 atom stereocenters. The SMILES string of the molecule is C/C(F)=C/C1CCN(C)CC1. The summed E-state index contributed by atoms with van der Waals surface area (Å²) in [5.74, 6) is 0.454. The van der Waals surface area contributed by atoms with Gasteiger partial charge in [-0.2, -0.15) is 0 Å². The van der Waals surface area contributed by atoms with Gasteiger partial charge in [0.25, 0.3) is 0 Å². The van der Waals surface area contributed by atoms with E-state index in [0.717, 1.165) is 25.9 Å². The van der Waals surface area contributed by atoms with Gasteiger partial charge in [-0.25, -0.2) is 4.39 Å². The van der Waals surface area contributed by atoms with Crippen molar-refractivity contribution in [1.82, 2.24) is 4.90 Å². The lowest BCUT2D eigenvalue weighted by atomic mass is 9.97. The van der Waals surface area contributed by atoms with Crippen LogP contribution in [-0.2, 0) is 0 Å². The van der Waals surface area contributed by atoms with Crippen molar-refractivity contribution in [3.05, 3.63) is 11.9 Å². The van der Waals surface area contributed by atoms with Crippen LogP contribution in [0.3, 0.4) is 0 Å². The first kappa shape index (κ1) is 8.72. The second-order valence-electron chi connectivity index (χ2n) is 3.39. The van der Waals surface area contributed by atoms with Gasteiger partial charge in [0.2, 0.25) is 0 Å². The predicted octanol–water partition coefficient (Wildman–Crippen LogP) is 2.20. The molecule has 0 radical (unpaired) electrons. The Hall–Kier alpha value is -0.370. The summed E-state index contributed by atoms with van der Waals surface area (Å²) in [6, 6.07) is 0. The van der Waals surface area contributed by atoms with Gasteiger partial charge in [0, 0.05) is 0 Å². The topological polar surface area (TPSA) is 3.24 Å². The number of piperidine rings is 1. The molecule has 1 saturated heterocycles. The van der Waals surface area contributed by atoms with Crippen LogP contribution in [0, 0.1) is 5.92 Å². The summed E-state index contributed by atoms with van der Waals surface area (Å²) in [5.41, 5.74) is 0. The molecule has 1 fully saturated rings. The maximum Gasteiger partial charge on any atom is 0.0931 e. The van der Waals surface area contributed by atoms with Crippen LogP contribution in [0.2, 0.25) is 0 Å². The second-order valence-corrected chi connectivity index (χ2v) is 3.39. The monoisotopic (exact) mass is 157 g/mol. The summed E-state index contributed by atoms with van der Waals surface area (Å²) >= 11 is 0. The number of rotatable bonds is 1. The average Bonchev–Trinajstić information content (AvgIpc) is 1.93. The van der Waals surface area contributed by atoms with Gasteiger partial charge in [-0.15, -0.1) is 0 Å². The van der Waals surface area contributed by atoms with Crippen molar-refractivity contribution in [2.75, 3.05) is 20.1 Å². The number of nitrogens with zero attached hydrogens (tertiary/aromatic N) is 1. The van der Waals surface area contributed by atoms with Crippen molar-refractivity contribution in [3.63, 3.8) is 0 Å². The fraction of sp³-hybridized carbons (Fsp3) is 0.778. The Balaban J connectivity index is 2.34. The van der Waals surface area contributed by atoms with E-state index in [2.05, 4.69) is 11.9 Å². The zero-order chi connectivity index (χ0) is 8.27. The summed E-state index contributed by atoms with van der Waals surface area (Å²) < 4.78 is 12.4. The van der Waals surface area contributed by atoms with Crippen molar-refractivity contribution >= 4 is 0 Å². The molecular formula is C9H16FN. The molecule has 0 saturated carbocycles. The molecule has 2 heteroatoms. The maximum atomic E-state index is 12.4. The van der Waals surface area contributed by atoms with E-state index in [-0.39, 0.29) is 5.83 Å². The van der Waals surface area contributed by atoms with Crippen molar-refractivity contribution in [2.24, 2.45) is 5.92 Å². The predicted molar refractivity (Wildman–Crippen MR) is 45.1 cm³/mol. The van der Waals surface area contributed by atoms with Gasteiger partial charge in [0.05, 0.1) is 5.83 Å². The molecule has 0 aliphatic carbocycles. The van der Waals surface area contributed by atoms with E-state index >= 15 is 0 Å².